The Hall–Kier alpha value is -2.81. The highest BCUT2D eigenvalue weighted by atomic mass is 19.4. The van der Waals surface area contributed by atoms with Crippen molar-refractivity contribution in [1.82, 2.24) is 19.7 Å². The molecule has 0 spiro atoms. The van der Waals surface area contributed by atoms with Gasteiger partial charge in [-0.15, -0.1) is 0 Å². The van der Waals surface area contributed by atoms with Gasteiger partial charge in [0, 0.05) is 42.4 Å². The standard InChI is InChI=1S/C17H17F3N6/c1-9(10-4-11(17(18,19)20)6-12(21)5-10)24-15-13-7-22-8-14(13)26-3-2-23-16(26)25-15/h2-6,9,22H,7-8,21H2,1H3,(H,23,24,25)/t9-/m1/s1. The van der Waals surface area contributed by atoms with Gasteiger partial charge >= 0.3 is 6.18 Å². The fourth-order valence-corrected chi connectivity index (χ4v) is 3.22. The largest absolute Gasteiger partial charge is 0.416 e. The number of aromatic nitrogens is 3. The van der Waals surface area contributed by atoms with Crippen molar-refractivity contribution >= 4 is 17.3 Å². The van der Waals surface area contributed by atoms with Gasteiger partial charge in [0.2, 0.25) is 5.78 Å². The minimum Gasteiger partial charge on any atom is -0.399 e. The molecule has 2 aromatic heterocycles. The van der Waals surface area contributed by atoms with E-state index in [2.05, 4.69) is 20.6 Å². The number of nitrogen functional groups attached to an aromatic ring is 1. The van der Waals surface area contributed by atoms with Crippen LogP contribution in [0.15, 0.2) is 30.6 Å². The van der Waals surface area contributed by atoms with Gasteiger partial charge < -0.3 is 16.4 Å². The van der Waals surface area contributed by atoms with E-state index in [1.165, 1.54) is 0 Å². The Labute approximate surface area is 147 Å². The van der Waals surface area contributed by atoms with E-state index in [9.17, 15) is 13.2 Å². The second-order valence-corrected chi connectivity index (χ2v) is 6.34. The van der Waals surface area contributed by atoms with Gasteiger partial charge in [-0.05, 0) is 30.7 Å². The quantitative estimate of drug-likeness (QED) is 0.624. The topological polar surface area (TPSA) is 80.3 Å². The molecule has 136 valence electrons. The maximum absolute atomic E-state index is 13.0. The van der Waals surface area contributed by atoms with Crippen LogP contribution in [0.2, 0.25) is 0 Å². The van der Waals surface area contributed by atoms with Crippen LogP contribution in [-0.2, 0) is 19.3 Å². The van der Waals surface area contributed by atoms with Crippen molar-refractivity contribution in [3.8, 4) is 0 Å². The number of rotatable bonds is 3. The maximum Gasteiger partial charge on any atom is 0.416 e. The molecule has 6 nitrogen and oxygen atoms in total. The number of anilines is 2. The predicted octanol–water partition coefficient (Wildman–Crippen LogP) is 3.11. The summed E-state index contributed by atoms with van der Waals surface area (Å²) in [4.78, 5) is 8.73. The van der Waals surface area contributed by atoms with Gasteiger partial charge in [-0.1, -0.05) is 0 Å². The van der Waals surface area contributed by atoms with Crippen molar-refractivity contribution in [2.24, 2.45) is 0 Å². The molecule has 0 aliphatic carbocycles. The predicted molar refractivity (Wildman–Crippen MR) is 91.4 cm³/mol. The summed E-state index contributed by atoms with van der Waals surface area (Å²) in [7, 11) is 0. The molecule has 1 aliphatic heterocycles. The third-order valence-corrected chi connectivity index (χ3v) is 4.51. The number of nitrogens with zero attached hydrogens (tertiary/aromatic N) is 3. The SMILES string of the molecule is C[C@@H](Nc1nc2nccn2c2c1CNC2)c1cc(N)cc(C(F)(F)F)c1. The molecule has 1 aliphatic rings. The van der Waals surface area contributed by atoms with E-state index < -0.39 is 17.8 Å². The average molecular weight is 362 g/mol. The monoisotopic (exact) mass is 362 g/mol. The summed E-state index contributed by atoms with van der Waals surface area (Å²) in [6.07, 6.45) is -0.932. The summed E-state index contributed by atoms with van der Waals surface area (Å²) < 4.78 is 41.1. The average Bonchev–Trinajstić information content (AvgIpc) is 3.21. The highest BCUT2D eigenvalue weighted by Crippen LogP contribution is 2.34. The van der Waals surface area contributed by atoms with Crippen molar-refractivity contribution in [3.63, 3.8) is 0 Å². The van der Waals surface area contributed by atoms with E-state index >= 15 is 0 Å². The third kappa shape index (κ3) is 2.84. The van der Waals surface area contributed by atoms with E-state index in [1.807, 2.05) is 10.6 Å². The number of imidazole rings is 1. The first-order valence-corrected chi connectivity index (χ1v) is 8.12. The van der Waals surface area contributed by atoms with Crippen LogP contribution in [0.4, 0.5) is 24.7 Å². The van der Waals surface area contributed by atoms with Crippen LogP contribution in [0, 0.1) is 0 Å². The summed E-state index contributed by atoms with van der Waals surface area (Å²) in [6.45, 7) is 3.10. The molecule has 1 atom stereocenters. The normalized spacial score (nSPS) is 15.2. The van der Waals surface area contributed by atoms with Gasteiger partial charge in [0.05, 0.1) is 11.6 Å². The zero-order valence-corrected chi connectivity index (χ0v) is 13.9. The van der Waals surface area contributed by atoms with E-state index in [1.54, 1.807) is 19.2 Å². The molecule has 0 amide bonds. The summed E-state index contributed by atoms with van der Waals surface area (Å²) in [6, 6.07) is 3.18. The van der Waals surface area contributed by atoms with Crippen LogP contribution in [0.3, 0.4) is 0 Å². The fraction of sp³-hybridized carbons (Fsp3) is 0.294. The van der Waals surface area contributed by atoms with Gasteiger partial charge in [-0.25, -0.2) is 4.98 Å². The first-order valence-electron chi connectivity index (χ1n) is 8.12. The Morgan fingerprint density at radius 3 is 2.85 bits per heavy atom. The van der Waals surface area contributed by atoms with Crippen LogP contribution in [-0.4, -0.2) is 14.4 Å². The van der Waals surface area contributed by atoms with Crippen LogP contribution in [0.1, 0.15) is 35.3 Å². The van der Waals surface area contributed by atoms with Crippen LogP contribution in [0.25, 0.3) is 5.78 Å². The molecule has 1 aromatic carbocycles. The lowest BCUT2D eigenvalue weighted by atomic mass is 10.0. The molecule has 9 heteroatoms. The highest BCUT2D eigenvalue weighted by Gasteiger charge is 2.31. The lowest BCUT2D eigenvalue weighted by Gasteiger charge is -2.19. The molecule has 3 aromatic rings. The Morgan fingerprint density at radius 2 is 2.08 bits per heavy atom. The number of halogens is 3. The van der Waals surface area contributed by atoms with Crippen molar-refractivity contribution in [2.45, 2.75) is 32.2 Å². The first-order chi connectivity index (χ1) is 12.3. The lowest BCUT2D eigenvalue weighted by Crippen LogP contribution is -2.14. The van der Waals surface area contributed by atoms with Crippen LogP contribution in [0.5, 0.6) is 0 Å². The number of fused-ring (bicyclic) bond motifs is 3. The molecule has 3 heterocycles. The first kappa shape index (κ1) is 16.6. The number of alkyl halides is 3. The third-order valence-electron chi connectivity index (χ3n) is 4.51. The molecular weight excluding hydrogens is 345 g/mol. The van der Waals surface area contributed by atoms with Gasteiger partial charge in [0.1, 0.15) is 5.82 Å². The minimum atomic E-state index is -4.44. The van der Waals surface area contributed by atoms with E-state index in [0.29, 0.717) is 30.2 Å². The van der Waals surface area contributed by atoms with Gasteiger partial charge in [0.15, 0.2) is 0 Å². The van der Waals surface area contributed by atoms with Gasteiger partial charge in [0.25, 0.3) is 0 Å². The number of benzene rings is 1. The minimum absolute atomic E-state index is 0.0760. The van der Waals surface area contributed by atoms with Crippen molar-refractivity contribution in [1.29, 1.82) is 0 Å². The second-order valence-electron chi connectivity index (χ2n) is 6.34. The molecule has 4 N–H and O–H groups in total. The molecule has 4 rings (SSSR count). The van der Waals surface area contributed by atoms with Crippen molar-refractivity contribution in [3.05, 3.63) is 53.0 Å². The molecular formula is C17H17F3N6. The van der Waals surface area contributed by atoms with E-state index in [0.717, 1.165) is 23.4 Å². The van der Waals surface area contributed by atoms with E-state index in [4.69, 9.17) is 5.73 Å². The number of nitrogens with one attached hydrogen (secondary N) is 2. The zero-order chi connectivity index (χ0) is 18.5. The van der Waals surface area contributed by atoms with Gasteiger partial charge in [-0.3, -0.25) is 4.40 Å². The molecule has 0 fully saturated rings. The summed E-state index contributed by atoms with van der Waals surface area (Å²) in [5, 5.41) is 6.48. The fourth-order valence-electron chi connectivity index (χ4n) is 3.22. The maximum atomic E-state index is 13.0. The molecule has 0 radical (unpaired) electrons. The zero-order valence-electron chi connectivity index (χ0n) is 13.9. The van der Waals surface area contributed by atoms with E-state index in [-0.39, 0.29) is 5.69 Å². The number of nitrogens with two attached hydrogens (primary N) is 1. The summed E-state index contributed by atoms with van der Waals surface area (Å²) >= 11 is 0. The molecule has 0 unspecified atom stereocenters. The van der Waals surface area contributed by atoms with Crippen molar-refractivity contribution in [2.75, 3.05) is 11.1 Å². The van der Waals surface area contributed by atoms with Crippen molar-refractivity contribution < 1.29 is 13.2 Å². The molecule has 26 heavy (non-hydrogen) atoms. The molecule has 0 saturated carbocycles. The highest BCUT2D eigenvalue weighted by molar-refractivity contribution is 5.56. The van der Waals surface area contributed by atoms with Crippen LogP contribution < -0.4 is 16.4 Å². The smallest absolute Gasteiger partial charge is 0.399 e. The Balaban J connectivity index is 1.70. The number of hydrogen-bond donors (Lipinski definition) is 3. The number of hydrogen-bond acceptors (Lipinski definition) is 5. The molecule has 0 bridgehead atoms. The molecule has 0 saturated heterocycles. The summed E-state index contributed by atoms with van der Waals surface area (Å²) in [5.41, 5.74) is 7.47. The van der Waals surface area contributed by atoms with Crippen LogP contribution >= 0.6 is 0 Å². The Kier molecular flexibility index (Phi) is 3.76. The Bertz CT molecular complexity index is 979. The second kappa shape index (κ2) is 5.87. The Morgan fingerprint density at radius 1 is 1.27 bits per heavy atom. The van der Waals surface area contributed by atoms with Gasteiger partial charge in [-0.2, -0.15) is 18.2 Å². The summed E-state index contributed by atoms with van der Waals surface area (Å²) in [5.74, 6) is 1.16. The lowest BCUT2D eigenvalue weighted by molar-refractivity contribution is -0.137.